The van der Waals surface area contributed by atoms with Crippen molar-refractivity contribution in [1.29, 1.82) is 0 Å². The van der Waals surface area contributed by atoms with Gasteiger partial charge in [0.05, 0.1) is 11.7 Å². The summed E-state index contributed by atoms with van der Waals surface area (Å²) in [5, 5.41) is 4.72. The fraction of sp³-hybridized carbons (Fsp3) is 0.400. The van der Waals surface area contributed by atoms with E-state index in [0.29, 0.717) is 6.04 Å². The van der Waals surface area contributed by atoms with Crippen LogP contribution in [0, 0.1) is 0 Å². The van der Waals surface area contributed by atoms with Crippen LogP contribution in [0.3, 0.4) is 0 Å². The minimum Gasteiger partial charge on any atom is -0.269 e. The van der Waals surface area contributed by atoms with Crippen molar-refractivity contribution in [3.8, 4) is 11.3 Å². The van der Waals surface area contributed by atoms with Gasteiger partial charge in [0.1, 0.15) is 0 Å². The highest BCUT2D eigenvalue weighted by Gasteiger charge is 2.16. The molecule has 0 atom stereocenters. The van der Waals surface area contributed by atoms with Crippen LogP contribution >= 0.6 is 0 Å². The molecule has 0 spiro atoms. The number of nitrogens with zero attached hydrogens (tertiary/aromatic N) is 2. The van der Waals surface area contributed by atoms with Gasteiger partial charge in [0.2, 0.25) is 0 Å². The molecule has 0 radical (unpaired) electrons. The smallest absolute Gasteiger partial charge is 0.0923 e. The van der Waals surface area contributed by atoms with Crippen molar-refractivity contribution in [2.24, 2.45) is 0 Å². The summed E-state index contributed by atoms with van der Waals surface area (Å²) >= 11 is 0. The van der Waals surface area contributed by atoms with E-state index >= 15 is 0 Å². The van der Waals surface area contributed by atoms with E-state index in [2.05, 4.69) is 41.2 Å². The molecule has 1 fully saturated rings. The van der Waals surface area contributed by atoms with E-state index in [0.717, 1.165) is 5.69 Å². The Hall–Kier alpha value is -1.57. The molecule has 0 saturated heterocycles. The standard InChI is InChI=1S/C15H18N2/c1-3-7-13(8-4-1)15-11-12-17(16-15)14-9-5-2-6-10-14/h1,3-4,7-8,11-12,14H,2,5-6,9-10H2. The van der Waals surface area contributed by atoms with Gasteiger partial charge in [0.25, 0.3) is 0 Å². The normalized spacial score (nSPS) is 17.2. The van der Waals surface area contributed by atoms with Crippen molar-refractivity contribution in [2.75, 3.05) is 0 Å². The third-order valence-corrected chi connectivity index (χ3v) is 3.63. The fourth-order valence-electron chi connectivity index (χ4n) is 2.65. The van der Waals surface area contributed by atoms with E-state index in [1.165, 1.54) is 37.7 Å². The maximum Gasteiger partial charge on any atom is 0.0923 e. The van der Waals surface area contributed by atoms with Crippen molar-refractivity contribution in [3.63, 3.8) is 0 Å². The SMILES string of the molecule is c1ccc(-c2ccn(C3CCCCC3)n2)cc1. The summed E-state index contributed by atoms with van der Waals surface area (Å²) in [6, 6.07) is 13.2. The highest BCUT2D eigenvalue weighted by Crippen LogP contribution is 2.28. The third-order valence-electron chi connectivity index (χ3n) is 3.63. The van der Waals surface area contributed by atoms with Crippen molar-refractivity contribution >= 4 is 0 Å². The molecule has 1 aliphatic rings. The summed E-state index contributed by atoms with van der Waals surface area (Å²) in [5.41, 5.74) is 2.30. The first kappa shape index (κ1) is 10.6. The predicted octanol–water partition coefficient (Wildman–Crippen LogP) is 4.06. The van der Waals surface area contributed by atoms with Crippen LogP contribution in [-0.2, 0) is 0 Å². The van der Waals surface area contributed by atoms with E-state index in [9.17, 15) is 0 Å². The lowest BCUT2D eigenvalue weighted by molar-refractivity contribution is 0.330. The van der Waals surface area contributed by atoms with Crippen LogP contribution < -0.4 is 0 Å². The molecule has 0 bridgehead atoms. The Morgan fingerprint density at radius 1 is 0.941 bits per heavy atom. The van der Waals surface area contributed by atoms with Crippen molar-refractivity contribution in [3.05, 3.63) is 42.6 Å². The molecule has 0 amide bonds. The van der Waals surface area contributed by atoms with Gasteiger partial charge in [-0.1, -0.05) is 49.6 Å². The van der Waals surface area contributed by atoms with Gasteiger partial charge in [-0.15, -0.1) is 0 Å². The Labute approximate surface area is 102 Å². The molecule has 1 aliphatic carbocycles. The van der Waals surface area contributed by atoms with Crippen molar-refractivity contribution in [1.82, 2.24) is 9.78 Å². The van der Waals surface area contributed by atoms with Crippen LogP contribution in [0.1, 0.15) is 38.1 Å². The highest BCUT2D eigenvalue weighted by molar-refractivity contribution is 5.57. The lowest BCUT2D eigenvalue weighted by atomic mass is 9.96. The van der Waals surface area contributed by atoms with Crippen LogP contribution in [0.2, 0.25) is 0 Å². The van der Waals surface area contributed by atoms with Gasteiger partial charge in [0.15, 0.2) is 0 Å². The molecule has 2 nitrogen and oxygen atoms in total. The molecule has 0 N–H and O–H groups in total. The molecule has 2 aromatic rings. The predicted molar refractivity (Wildman–Crippen MR) is 69.8 cm³/mol. The van der Waals surface area contributed by atoms with Crippen LogP contribution in [0.25, 0.3) is 11.3 Å². The lowest BCUT2D eigenvalue weighted by Gasteiger charge is -2.21. The maximum absolute atomic E-state index is 4.72. The molecule has 0 unspecified atom stereocenters. The zero-order chi connectivity index (χ0) is 11.5. The number of hydrogen-bond acceptors (Lipinski definition) is 1. The molecule has 1 heterocycles. The molecule has 3 rings (SSSR count). The Bertz CT molecular complexity index is 467. The summed E-state index contributed by atoms with van der Waals surface area (Å²) in [4.78, 5) is 0. The third kappa shape index (κ3) is 2.26. The van der Waals surface area contributed by atoms with E-state index in [4.69, 9.17) is 5.10 Å². The Morgan fingerprint density at radius 3 is 2.47 bits per heavy atom. The minimum atomic E-state index is 0.626. The number of rotatable bonds is 2. The fourth-order valence-corrected chi connectivity index (χ4v) is 2.65. The van der Waals surface area contributed by atoms with Gasteiger partial charge < -0.3 is 0 Å². The van der Waals surface area contributed by atoms with Crippen LogP contribution in [0.4, 0.5) is 0 Å². The van der Waals surface area contributed by atoms with Crippen LogP contribution in [0.5, 0.6) is 0 Å². The maximum atomic E-state index is 4.72. The minimum absolute atomic E-state index is 0.626. The molecule has 1 aromatic heterocycles. The Balaban J connectivity index is 1.83. The average Bonchev–Trinajstić information content (AvgIpc) is 2.90. The monoisotopic (exact) mass is 226 g/mol. The summed E-state index contributed by atoms with van der Waals surface area (Å²) in [7, 11) is 0. The first-order valence-corrected chi connectivity index (χ1v) is 6.54. The molecule has 17 heavy (non-hydrogen) atoms. The second kappa shape index (κ2) is 4.74. The zero-order valence-electron chi connectivity index (χ0n) is 10.0. The van der Waals surface area contributed by atoms with Gasteiger partial charge in [-0.25, -0.2) is 0 Å². The number of benzene rings is 1. The molecular weight excluding hydrogens is 208 g/mol. The summed E-state index contributed by atoms with van der Waals surface area (Å²) in [6.45, 7) is 0. The quantitative estimate of drug-likeness (QED) is 0.755. The van der Waals surface area contributed by atoms with E-state index in [-0.39, 0.29) is 0 Å². The second-order valence-corrected chi connectivity index (χ2v) is 4.84. The second-order valence-electron chi connectivity index (χ2n) is 4.84. The molecule has 2 heteroatoms. The molecular formula is C15H18N2. The molecule has 0 aliphatic heterocycles. The lowest BCUT2D eigenvalue weighted by Crippen LogP contribution is -2.13. The van der Waals surface area contributed by atoms with Crippen molar-refractivity contribution in [2.45, 2.75) is 38.1 Å². The van der Waals surface area contributed by atoms with Gasteiger partial charge in [0, 0.05) is 11.8 Å². The number of hydrogen-bond donors (Lipinski definition) is 0. The Kier molecular flexibility index (Phi) is 2.95. The van der Waals surface area contributed by atoms with Gasteiger partial charge in [-0.05, 0) is 18.9 Å². The average molecular weight is 226 g/mol. The largest absolute Gasteiger partial charge is 0.269 e. The number of aromatic nitrogens is 2. The van der Waals surface area contributed by atoms with E-state index in [1.807, 2.05) is 6.07 Å². The van der Waals surface area contributed by atoms with Crippen molar-refractivity contribution < 1.29 is 0 Å². The van der Waals surface area contributed by atoms with Gasteiger partial charge in [-0.3, -0.25) is 4.68 Å². The Morgan fingerprint density at radius 2 is 1.71 bits per heavy atom. The molecule has 1 saturated carbocycles. The molecule has 88 valence electrons. The first-order chi connectivity index (χ1) is 8.43. The summed E-state index contributed by atoms with van der Waals surface area (Å²) in [5.74, 6) is 0. The first-order valence-electron chi connectivity index (χ1n) is 6.54. The highest BCUT2D eigenvalue weighted by atomic mass is 15.3. The summed E-state index contributed by atoms with van der Waals surface area (Å²) in [6.07, 6.45) is 8.81. The zero-order valence-corrected chi connectivity index (χ0v) is 10.0. The van der Waals surface area contributed by atoms with E-state index < -0.39 is 0 Å². The van der Waals surface area contributed by atoms with Gasteiger partial charge in [-0.2, -0.15) is 5.10 Å². The topological polar surface area (TPSA) is 17.8 Å². The molecule has 1 aromatic carbocycles. The van der Waals surface area contributed by atoms with Gasteiger partial charge >= 0.3 is 0 Å². The summed E-state index contributed by atoms with van der Waals surface area (Å²) < 4.78 is 2.17. The van der Waals surface area contributed by atoms with Crippen LogP contribution in [0.15, 0.2) is 42.6 Å². The van der Waals surface area contributed by atoms with Crippen LogP contribution in [-0.4, -0.2) is 9.78 Å². The van der Waals surface area contributed by atoms with E-state index in [1.54, 1.807) is 0 Å².